The van der Waals surface area contributed by atoms with E-state index in [0.29, 0.717) is 0 Å². The summed E-state index contributed by atoms with van der Waals surface area (Å²) in [5.41, 5.74) is 3.10. The molecular weight excluding hydrogens is 328 g/mol. The Morgan fingerprint density at radius 1 is 0.889 bits per heavy atom. The lowest BCUT2D eigenvalue weighted by Crippen LogP contribution is -2.55. The highest BCUT2D eigenvalue weighted by molar-refractivity contribution is 5.35. The Morgan fingerprint density at radius 2 is 1.70 bits per heavy atom. The maximum atomic E-state index is 3.99. The van der Waals surface area contributed by atoms with Gasteiger partial charge < -0.3 is 10.6 Å². The molecule has 150 valence electrons. The van der Waals surface area contributed by atoms with Crippen LogP contribution in [0.4, 0.5) is 0 Å². The van der Waals surface area contributed by atoms with Crippen LogP contribution in [-0.2, 0) is 0 Å². The maximum absolute atomic E-state index is 3.99. The molecular formula is C25H40N2. The zero-order valence-corrected chi connectivity index (χ0v) is 17.6. The topological polar surface area (TPSA) is 24.1 Å². The minimum absolute atomic E-state index is 0.0746. The van der Waals surface area contributed by atoms with Crippen molar-refractivity contribution in [3.63, 3.8) is 0 Å². The molecule has 2 nitrogen and oxygen atoms in total. The molecule has 0 radical (unpaired) electrons. The third-order valence-corrected chi connectivity index (χ3v) is 9.16. The summed E-state index contributed by atoms with van der Waals surface area (Å²) in [6.07, 6.45) is 22.1. The number of hydrogen-bond donors (Lipinski definition) is 2. The summed E-state index contributed by atoms with van der Waals surface area (Å²) >= 11 is 0. The van der Waals surface area contributed by atoms with E-state index < -0.39 is 0 Å². The molecule has 0 bridgehead atoms. The lowest BCUT2D eigenvalue weighted by molar-refractivity contribution is 0.0607. The van der Waals surface area contributed by atoms with Crippen molar-refractivity contribution in [2.45, 2.75) is 96.6 Å². The number of hydrogen-bond acceptors (Lipinski definition) is 2. The molecule has 0 aromatic rings. The molecule has 4 aliphatic carbocycles. The van der Waals surface area contributed by atoms with Gasteiger partial charge in [0.05, 0.1) is 5.70 Å². The number of fused-ring (bicyclic) bond motifs is 2. The van der Waals surface area contributed by atoms with Gasteiger partial charge in [-0.3, -0.25) is 0 Å². The van der Waals surface area contributed by atoms with Gasteiger partial charge in [-0.15, -0.1) is 0 Å². The van der Waals surface area contributed by atoms with Crippen molar-refractivity contribution in [3.8, 4) is 0 Å². The third-order valence-electron chi connectivity index (χ3n) is 9.16. The van der Waals surface area contributed by atoms with E-state index in [2.05, 4.69) is 36.8 Å². The van der Waals surface area contributed by atoms with Crippen LogP contribution in [-0.4, -0.2) is 5.66 Å². The molecule has 1 heterocycles. The molecule has 7 unspecified atom stereocenters. The van der Waals surface area contributed by atoms with Crippen LogP contribution in [0.1, 0.15) is 90.9 Å². The van der Waals surface area contributed by atoms with Gasteiger partial charge in [-0.2, -0.15) is 0 Å². The van der Waals surface area contributed by atoms with Crippen molar-refractivity contribution in [1.29, 1.82) is 0 Å². The van der Waals surface area contributed by atoms with Gasteiger partial charge >= 0.3 is 0 Å². The summed E-state index contributed by atoms with van der Waals surface area (Å²) in [6, 6.07) is 0. The molecule has 7 atom stereocenters. The zero-order chi connectivity index (χ0) is 18.4. The van der Waals surface area contributed by atoms with Crippen molar-refractivity contribution >= 4 is 0 Å². The van der Waals surface area contributed by atoms with E-state index in [1.54, 1.807) is 5.57 Å². The molecule has 27 heavy (non-hydrogen) atoms. The minimum Gasteiger partial charge on any atom is -0.367 e. The Labute approximate surface area is 166 Å². The van der Waals surface area contributed by atoms with E-state index in [0.717, 1.165) is 35.5 Å². The van der Waals surface area contributed by atoms with Gasteiger partial charge in [-0.05, 0) is 99.9 Å². The molecule has 0 aromatic heterocycles. The molecule has 0 aromatic carbocycles. The first-order chi connectivity index (χ1) is 13.1. The summed E-state index contributed by atoms with van der Waals surface area (Å²) in [5, 5.41) is 7.81. The highest BCUT2D eigenvalue weighted by atomic mass is 15.2. The second kappa shape index (κ2) is 7.16. The fraction of sp³-hybridized carbons (Fsp3) is 0.840. The minimum atomic E-state index is 0.0746. The quantitative estimate of drug-likeness (QED) is 0.614. The summed E-state index contributed by atoms with van der Waals surface area (Å²) < 4.78 is 0. The smallest absolute Gasteiger partial charge is 0.107 e. The van der Waals surface area contributed by atoms with Crippen molar-refractivity contribution in [3.05, 3.63) is 23.5 Å². The molecule has 3 fully saturated rings. The number of rotatable bonds is 2. The van der Waals surface area contributed by atoms with Crippen molar-refractivity contribution in [2.24, 2.45) is 35.5 Å². The molecule has 0 amide bonds. The first kappa shape index (κ1) is 18.1. The maximum Gasteiger partial charge on any atom is 0.107 e. The third kappa shape index (κ3) is 3.47. The molecule has 2 heteroatoms. The molecule has 2 N–H and O–H groups in total. The molecule has 1 aliphatic heterocycles. The second-order valence-corrected chi connectivity index (χ2v) is 11.0. The van der Waals surface area contributed by atoms with Crippen molar-refractivity contribution in [1.82, 2.24) is 10.6 Å². The highest BCUT2D eigenvalue weighted by Crippen LogP contribution is 2.48. The van der Waals surface area contributed by atoms with Crippen LogP contribution < -0.4 is 10.6 Å². The standard InChI is InChI=1S/C25H40N2/c1-17-7-8-19-11-12-23(15-22(19)13-17)25(2)26-16-24(27-25)21-10-9-18-5-3-4-6-20(18)14-21/h10,16-20,22-23,26-27H,3-9,11-15H2,1-2H3. The molecule has 3 saturated carbocycles. The van der Waals surface area contributed by atoms with Gasteiger partial charge in [0, 0.05) is 12.1 Å². The van der Waals surface area contributed by atoms with Crippen LogP contribution in [0, 0.1) is 35.5 Å². The molecule has 5 aliphatic rings. The van der Waals surface area contributed by atoms with Crippen molar-refractivity contribution < 1.29 is 0 Å². The van der Waals surface area contributed by atoms with E-state index >= 15 is 0 Å². The fourth-order valence-corrected chi connectivity index (χ4v) is 7.36. The van der Waals surface area contributed by atoms with Crippen LogP contribution >= 0.6 is 0 Å². The number of allylic oxidation sites excluding steroid dienone is 2. The summed E-state index contributed by atoms with van der Waals surface area (Å²) in [6.45, 7) is 4.90. The highest BCUT2D eigenvalue weighted by Gasteiger charge is 2.44. The first-order valence-corrected chi connectivity index (χ1v) is 12.1. The SMILES string of the molecule is CC1CCC2CCC(C3(C)NC=C(C4=CCC5CCCCC5C4)N3)CC2C1. The average molecular weight is 369 g/mol. The van der Waals surface area contributed by atoms with Gasteiger partial charge in [0.15, 0.2) is 0 Å². The predicted octanol–water partition coefficient (Wildman–Crippen LogP) is 6.12. The van der Waals surface area contributed by atoms with E-state index in [9.17, 15) is 0 Å². The van der Waals surface area contributed by atoms with Gasteiger partial charge in [-0.25, -0.2) is 0 Å². The number of nitrogens with one attached hydrogen (secondary N) is 2. The van der Waals surface area contributed by atoms with Crippen LogP contribution in [0.15, 0.2) is 23.5 Å². The van der Waals surface area contributed by atoms with Crippen molar-refractivity contribution in [2.75, 3.05) is 0 Å². The van der Waals surface area contributed by atoms with Gasteiger partial charge in [-0.1, -0.05) is 32.3 Å². The zero-order valence-electron chi connectivity index (χ0n) is 17.6. The predicted molar refractivity (Wildman–Crippen MR) is 113 cm³/mol. The van der Waals surface area contributed by atoms with E-state index in [4.69, 9.17) is 0 Å². The average Bonchev–Trinajstić information content (AvgIpc) is 3.10. The van der Waals surface area contributed by atoms with Gasteiger partial charge in [0.1, 0.15) is 5.66 Å². The Bertz CT molecular complexity index is 620. The lowest BCUT2D eigenvalue weighted by atomic mass is 9.63. The molecule has 0 spiro atoms. The summed E-state index contributed by atoms with van der Waals surface area (Å²) in [5.74, 6) is 5.66. The first-order valence-electron chi connectivity index (χ1n) is 12.1. The Kier molecular flexibility index (Phi) is 4.81. The van der Waals surface area contributed by atoms with E-state index in [1.165, 1.54) is 82.7 Å². The normalized spacial score (nSPS) is 47.0. The monoisotopic (exact) mass is 368 g/mol. The molecule has 5 rings (SSSR count). The van der Waals surface area contributed by atoms with Crippen LogP contribution in [0.5, 0.6) is 0 Å². The Balaban J connectivity index is 1.23. The second-order valence-electron chi connectivity index (χ2n) is 11.0. The fourth-order valence-electron chi connectivity index (χ4n) is 7.36. The van der Waals surface area contributed by atoms with E-state index in [-0.39, 0.29) is 5.66 Å². The van der Waals surface area contributed by atoms with Crippen LogP contribution in [0.3, 0.4) is 0 Å². The Hall–Kier alpha value is -0.920. The lowest BCUT2D eigenvalue weighted by Gasteiger charge is -2.47. The van der Waals surface area contributed by atoms with Gasteiger partial charge in [0.2, 0.25) is 0 Å². The van der Waals surface area contributed by atoms with Gasteiger partial charge in [0.25, 0.3) is 0 Å². The summed E-state index contributed by atoms with van der Waals surface area (Å²) in [7, 11) is 0. The van der Waals surface area contributed by atoms with E-state index in [1.807, 2.05) is 0 Å². The van der Waals surface area contributed by atoms with Crippen LogP contribution in [0.25, 0.3) is 0 Å². The summed E-state index contributed by atoms with van der Waals surface area (Å²) in [4.78, 5) is 0. The Morgan fingerprint density at radius 3 is 2.59 bits per heavy atom. The largest absolute Gasteiger partial charge is 0.367 e. The van der Waals surface area contributed by atoms with Crippen LogP contribution in [0.2, 0.25) is 0 Å². The molecule has 0 saturated heterocycles.